The van der Waals surface area contributed by atoms with Gasteiger partial charge in [-0.1, -0.05) is 51.1 Å². The zero-order valence-electron chi connectivity index (χ0n) is 19.3. The van der Waals surface area contributed by atoms with Gasteiger partial charge in [0.1, 0.15) is 5.82 Å². The van der Waals surface area contributed by atoms with Crippen molar-refractivity contribution in [1.82, 2.24) is 20.2 Å². The van der Waals surface area contributed by atoms with Gasteiger partial charge in [-0.3, -0.25) is 4.99 Å². The Kier molecular flexibility index (Phi) is 10.3. The first-order valence-electron chi connectivity index (χ1n) is 11.1. The minimum absolute atomic E-state index is 0. The molecule has 2 atom stereocenters. The van der Waals surface area contributed by atoms with Gasteiger partial charge in [-0.05, 0) is 23.8 Å². The quantitative estimate of drug-likeness (QED) is 0.316. The molecule has 31 heavy (non-hydrogen) atoms. The third kappa shape index (κ3) is 7.79. The maximum absolute atomic E-state index is 6.10. The Morgan fingerprint density at radius 3 is 2.71 bits per heavy atom. The van der Waals surface area contributed by atoms with E-state index in [2.05, 4.69) is 70.2 Å². The van der Waals surface area contributed by atoms with Gasteiger partial charge in [0.2, 0.25) is 0 Å². The Labute approximate surface area is 204 Å². The lowest BCUT2D eigenvalue weighted by molar-refractivity contribution is -0.0835. The molecule has 1 saturated heterocycles. The molecule has 2 aromatic rings. The van der Waals surface area contributed by atoms with Gasteiger partial charge < -0.3 is 19.9 Å². The molecule has 172 valence electrons. The first-order chi connectivity index (χ1) is 14.5. The summed E-state index contributed by atoms with van der Waals surface area (Å²) < 4.78 is 8.31. The van der Waals surface area contributed by atoms with Crippen molar-refractivity contribution in [2.24, 2.45) is 16.3 Å². The number of halogens is 1. The van der Waals surface area contributed by atoms with Gasteiger partial charge in [-0.15, -0.1) is 24.0 Å². The van der Waals surface area contributed by atoms with Crippen molar-refractivity contribution in [2.45, 2.75) is 52.7 Å². The molecule has 1 aromatic carbocycles. The average molecular weight is 540 g/mol. The van der Waals surface area contributed by atoms with Crippen molar-refractivity contribution in [3.8, 4) is 0 Å². The van der Waals surface area contributed by atoms with Crippen LogP contribution >= 0.6 is 24.0 Å². The molecule has 1 aromatic heterocycles. The normalized spacial score (nSPS) is 19.5. The van der Waals surface area contributed by atoms with Crippen LogP contribution in [0.2, 0.25) is 0 Å². The highest BCUT2D eigenvalue weighted by molar-refractivity contribution is 14.0. The molecule has 0 bridgehead atoms. The largest absolute Gasteiger partial charge is 0.377 e. The second kappa shape index (κ2) is 12.4. The molecule has 1 aliphatic heterocycles. The molecule has 0 radical (unpaired) electrons. The zero-order valence-corrected chi connectivity index (χ0v) is 21.6. The predicted molar refractivity (Wildman–Crippen MR) is 138 cm³/mol. The molecular weight excluding hydrogens is 501 g/mol. The molecule has 3 rings (SSSR count). The lowest BCUT2D eigenvalue weighted by Gasteiger charge is -2.40. The number of imidazole rings is 1. The van der Waals surface area contributed by atoms with Gasteiger partial charge >= 0.3 is 0 Å². The van der Waals surface area contributed by atoms with Crippen molar-refractivity contribution in [2.75, 3.05) is 26.7 Å². The predicted octanol–water partition coefficient (Wildman–Crippen LogP) is 4.10. The fraction of sp³-hybridized carbons (Fsp3) is 0.583. The summed E-state index contributed by atoms with van der Waals surface area (Å²) in [5, 5.41) is 6.94. The fourth-order valence-corrected chi connectivity index (χ4v) is 4.24. The van der Waals surface area contributed by atoms with Gasteiger partial charge in [0.15, 0.2) is 5.96 Å². The van der Waals surface area contributed by atoms with Crippen LogP contribution in [0.4, 0.5) is 0 Å². The van der Waals surface area contributed by atoms with Gasteiger partial charge in [0, 0.05) is 58.0 Å². The van der Waals surface area contributed by atoms with Crippen LogP contribution in [0.15, 0.2) is 47.7 Å². The average Bonchev–Trinajstić information content (AvgIpc) is 3.17. The SMILES string of the molecule is CN=C(NCCc1nccn1Cc1ccccc1)NCC1CCCOC1C(C)(C)C.I. The number of rotatable bonds is 7. The summed E-state index contributed by atoms with van der Waals surface area (Å²) in [5.41, 5.74) is 1.44. The fourth-order valence-electron chi connectivity index (χ4n) is 4.24. The van der Waals surface area contributed by atoms with E-state index in [0.717, 1.165) is 50.9 Å². The van der Waals surface area contributed by atoms with Crippen LogP contribution in [0.25, 0.3) is 0 Å². The van der Waals surface area contributed by atoms with E-state index >= 15 is 0 Å². The number of aromatic nitrogens is 2. The van der Waals surface area contributed by atoms with Crippen LogP contribution in [0.5, 0.6) is 0 Å². The Morgan fingerprint density at radius 1 is 1.23 bits per heavy atom. The number of guanidine groups is 1. The number of aliphatic imine (C=N–C) groups is 1. The van der Waals surface area contributed by atoms with E-state index in [9.17, 15) is 0 Å². The summed E-state index contributed by atoms with van der Waals surface area (Å²) in [7, 11) is 1.82. The van der Waals surface area contributed by atoms with E-state index in [1.165, 1.54) is 12.0 Å². The molecule has 2 N–H and O–H groups in total. The second-order valence-corrected chi connectivity index (χ2v) is 9.15. The summed E-state index contributed by atoms with van der Waals surface area (Å²) in [4.78, 5) is 8.93. The van der Waals surface area contributed by atoms with E-state index in [-0.39, 0.29) is 35.5 Å². The van der Waals surface area contributed by atoms with E-state index in [0.29, 0.717) is 5.92 Å². The highest BCUT2D eigenvalue weighted by Gasteiger charge is 2.35. The van der Waals surface area contributed by atoms with Crippen LogP contribution in [-0.4, -0.2) is 48.4 Å². The lowest BCUT2D eigenvalue weighted by atomic mass is 9.78. The van der Waals surface area contributed by atoms with E-state index in [1.807, 2.05) is 25.5 Å². The molecule has 0 amide bonds. The molecule has 0 spiro atoms. The van der Waals surface area contributed by atoms with Crippen LogP contribution in [0.3, 0.4) is 0 Å². The Morgan fingerprint density at radius 2 is 2.00 bits per heavy atom. The first-order valence-corrected chi connectivity index (χ1v) is 11.1. The molecular formula is C24H38IN5O. The molecule has 0 saturated carbocycles. The van der Waals surface area contributed by atoms with E-state index in [1.54, 1.807) is 0 Å². The van der Waals surface area contributed by atoms with Crippen molar-refractivity contribution in [3.05, 3.63) is 54.1 Å². The van der Waals surface area contributed by atoms with Gasteiger partial charge in [0.25, 0.3) is 0 Å². The van der Waals surface area contributed by atoms with Crippen LogP contribution in [0, 0.1) is 11.3 Å². The monoisotopic (exact) mass is 539 g/mol. The topological polar surface area (TPSA) is 63.5 Å². The third-order valence-electron chi connectivity index (χ3n) is 5.69. The highest BCUT2D eigenvalue weighted by atomic mass is 127. The van der Waals surface area contributed by atoms with Crippen LogP contribution in [0.1, 0.15) is 45.0 Å². The number of nitrogens with one attached hydrogen (secondary N) is 2. The first kappa shape index (κ1) is 25.6. The summed E-state index contributed by atoms with van der Waals surface area (Å²) in [5.74, 6) is 2.42. The minimum Gasteiger partial charge on any atom is -0.377 e. The van der Waals surface area contributed by atoms with Crippen molar-refractivity contribution >= 4 is 29.9 Å². The van der Waals surface area contributed by atoms with Crippen LogP contribution in [-0.2, 0) is 17.7 Å². The lowest BCUT2D eigenvalue weighted by Crippen LogP contribution is -2.47. The Bertz CT molecular complexity index is 800. The maximum atomic E-state index is 6.10. The maximum Gasteiger partial charge on any atom is 0.191 e. The molecule has 1 fully saturated rings. The number of ether oxygens (including phenoxy) is 1. The Balaban J connectivity index is 0.00000341. The molecule has 2 unspecified atom stereocenters. The van der Waals surface area contributed by atoms with Gasteiger partial charge in [0.05, 0.1) is 6.10 Å². The smallest absolute Gasteiger partial charge is 0.191 e. The summed E-state index contributed by atoms with van der Waals surface area (Å²) >= 11 is 0. The van der Waals surface area contributed by atoms with Gasteiger partial charge in [-0.2, -0.15) is 0 Å². The Hall–Kier alpha value is -1.61. The molecule has 6 nitrogen and oxygen atoms in total. The second-order valence-electron chi connectivity index (χ2n) is 9.15. The van der Waals surface area contributed by atoms with Crippen molar-refractivity contribution in [3.63, 3.8) is 0 Å². The zero-order chi connectivity index (χ0) is 21.4. The van der Waals surface area contributed by atoms with E-state index < -0.39 is 0 Å². The minimum atomic E-state index is 0. The number of nitrogens with zero attached hydrogens (tertiary/aromatic N) is 3. The molecule has 1 aliphatic rings. The third-order valence-corrected chi connectivity index (χ3v) is 5.69. The molecule has 0 aliphatic carbocycles. The standard InChI is InChI=1S/C24H37N5O.HI/c1-24(2,3)22-20(11-8-16-30-22)17-28-23(25-4)27-13-12-21-26-14-15-29(21)18-19-9-6-5-7-10-19;/h5-7,9-10,14-15,20,22H,8,11-13,16-18H2,1-4H3,(H2,25,27,28);1H. The summed E-state index contributed by atoms with van der Waals surface area (Å²) in [6.45, 7) is 10.2. The number of hydrogen-bond acceptors (Lipinski definition) is 3. The van der Waals surface area contributed by atoms with Crippen LogP contribution < -0.4 is 10.6 Å². The molecule has 7 heteroatoms. The van der Waals surface area contributed by atoms with E-state index in [4.69, 9.17) is 4.74 Å². The van der Waals surface area contributed by atoms with Crippen molar-refractivity contribution in [1.29, 1.82) is 0 Å². The summed E-state index contributed by atoms with van der Waals surface area (Å²) in [6.07, 6.45) is 7.38. The number of benzene rings is 1. The van der Waals surface area contributed by atoms with Crippen molar-refractivity contribution < 1.29 is 4.74 Å². The summed E-state index contributed by atoms with van der Waals surface area (Å²) in [6, 6.07) is 10.5. The number of hydrogen-bond donors (Lipinski definition) is 2. The highest BCUT2D eigenvalue weighted by Crippen LogP contribution is 2.33. The molecule has 2 heterocycles. The van der Waals surface area contributed by atoms with Gasteiger partial charge in [-0.25, -0.2) is 4.98 Å².